The van der Waals surface area contributed by atoms with E-state index < -0.39 is 0 Å². The fourth-order valence-corrected chi connectivity index (χ4v) is 2.41. The SMILES string of the molecule is CCNC(Cc1ccoc1)C1CCCOC1. The van der Waals surface area contributed by atoms with Crippen molar-refractivity contribution in [2.24, 2.45) is 5.92 Å². The average Bonchev–Trinajstić information content (AvgIpc) is 2.83. The second-order valence-corrected chi connectivity index (χ2v) is 4.48. The fraction of sp³-hybridized carbons (Fsp3) is 0.692. The van der Waals surface area contributed by atoms with Crippen LogP contribution in [0.2, 0.25) is 0 Å². The lowest BCUT2D eigenvalue weighted by Crippen LogP contribution is -2.41. The first kappa shape index (κ1) is 11.7. The van der Waals surface area contributed by atoms with Gasteiger partial charge in [0.2, 0.25) is 0 Å². The van der Waals surface area contributed by atoms with Gasteiger partial charge < -0.3 is 14.5 Å². The second kappa shape index (κ2) is 6.06. The van der Waals surface area contributed by atoms with Gasteiger partial charge in [-0.3, -0.25) is 0 Å². The lowest BCUT2D eigenvalue weighted by atomic mass is 9.90. The van der Waals surface area contributed by atoms with Gasteiger partial charge in [0.05, 0.1) is 19.1 Å². The Morgan fingerprint density at radius 1 is 1.56 bits per heavy atom. The summed E-state index contributed by atoms with van der Waals surface area (Å²) in [7, 11) is 0. The standard InChI is InChI=1S/C13H21NO2/c1-2-14-13(8-11-5-7-16-9-11)12-4-3-6-15-10-12/h5,7,9,12-14H,2-4,6,8,10H2,1H3. The van der Waals surface area contributed by atoms with Gasteiger partial charge in [-0.05, 0) is 43.4 Å². The summed E-state index contributed by atoms with van der Waals surface area (Å²) < 4.78 is 10.7. The molecule has 1 aromatic rings. The third kappa shape index (κ3) is 3.09. The van der Waals surface area contributed by atoms with E-state index in [-0.39, 0.29) is 0 Å². The van der Waals surface area contributed by atoms with Crippen LogP contribution in [0.5, 0.6) is 0 Å². The number of hydrogen-bond donors (Lipinski definition) is 1. The van der Waals surface area contributed by atoms with Crippen molar-refractivity contribution in [1.82, 2.24) is 5.32 Å². The molecule has 1 aliphatic rings. The quantitative estimate of drug-likeness (QED) is 0.831. The van der Waals surface area contributed by atoms with Crippen molar-refractivity contribution in [1.29, 1.82) is 0 Å². The van der Waals surface area contributed by atoms with E-state index in [1.54, 1.807) is 6.26 Å². The van der Waals surface area contributed by atoms with E-state index in [4.69, 9.17) is 9.15 Å². The Labute approximate surface area is 97.2 Å². The molecule has 90 valence electrons. The molecule has 0 spiro atoms. The van der Waals surface area contributed by atoms with Gasteiger partial charge in [-0.15, -0.1) is 0 Å². The molecule has 16 heavy (non-hydrogen) atoms. The Kier molecular flexibility index (Phi) is 4.43. The zero-order valence-corrected chi connectivity index (χ0v) is 9.95. The number of hydrogen-bond acceptors (Lipinski definition) is 3. The van der Waals surface area contributed by atoms with E-state index in [1.807, 2.05) is 12.3 Å². The minimum atomic E-state index is 0.517. The predicted molar refractivity (Wildman–Crippen MR) is 63.4 cm³/mol. The molecule has 1 fully saturated rings. The van der Waals surface area contributed by atoms with Gasteiger partial charge in [-0.1, -0.05) is 6.92 Å². The summed E-state index contributed by atoms with van der Waals surface area (Å²) in [4.78, 5) is 0. The Morgan fingerprint density at radius 2 is 2.50 bits per heavy atom. The molecule has 2 unspecified atom stereocenters. The Balaban J connectivity index is 1.92. The van der Waals surface area contributed by atoms with Gasteiger partial charge >= 0.3 is 0 Å². The van der Waals surface area contributed by atoms with Crippen molar-refractivity contribution in [3.05, 3.63) is 24.2 Å². The first-order valence-corrected chi connectivity index (χ1v) is 6.22. The molecule has 0 bridgehead atoms. The van der Waals surface area contributed by atoms with Crippen LogP contribution in [0, 0.1) is 5.92 Å². The van der Waals surface area contributed by atoms with E-state index in [9.17, 15) is 0 Å². The maximum atomic E-state index is 5.57. The number of nitrogens with one attached hydrogen (secondary N) is 1. The molecule has 2 atom stereocenters. The molecule has 3 nitrogen and oxygen atoms in total. The average molecular weight is 223 g/mol. The molecule has 2 heterocycles. The van der Waals surface area contributed by atoms with E-state index in [1.165, 1.54) is 18.4 Å². The van der Waals surface area contributed by atoms with Crippen LogP contribution in [0.4, 0.5) is 0 Å². The van der Waals surface area contributed by atoms with Gasteiger partial charge in [-0.25, -0.2) is 0 Å². The topological polar surface area (TPSA) is 34.4 Å². The summed E-state index contributed by atoms with van der Waals surface area (Å²) in [6.45, 7) is 5.00. The first-order valence-electron chi connectivity index (χ1n) is 6.22. The highest BCUT2D eigenvalue weighted by Gasteiger charge is 2.23. The van der Waals surface area contributed by atoms with Gasteiger partial charge in [0.15, 0.2) is 0 Å². The van der Waals surface area contributed by atoms with Crippen LogP contribution in [0.25, 0.3) is 0 Å². The van der Waals surface area contributed by atoms with E-state index in [2.05, 4.69) is 12.2 Å². The van der Waals surface area contributed by atoms with Crippen LogP contribution in [0.1, 0.15) is 25.3 Å². The van der Waals surface area contributed by atoms with Crippen LogP contribution in [0.3, 0.4) is 0 Å². The molecule has 1 aliphatic heterocycles. The minimum Gasteiger partial charge on any atom is -0.472 e. The molecule has 0 saturated carbocycles. The highest BCUT2D eigenvalue weighted by Crippen LogP contribution is 2.20. The molecule has 0 amide bonds. The van der Waals surface area contributed by atoms with E-state index in [0.29, 0.717) is 12.0 Å². The minimum absolute atomic E-state index is 0.517. The normalized spacial score (nSPS) is 23.2. The summed E-state index contributed by atoms with van der Waals surface area (Å²) in [5, 5.41) is 3.57. The Bertz CT molecular complexity index is 278. The zero-order valence-electron chi connectivity index (χ0n) is 9.95. The van der Waals surface area contributed by atoms with Crippen molar-refractivity contribution in [2.45, 2.75) is 32.2 Å². The van der Waals surface area contributed by atoms with Crippen LogP contribution >= 0.6 is 0 Å². The maximum Gasteiger partial charge on any atom is 0.0935 e. The van der Waals surface area contributed by atoms with Crippen molar-refractivity contribution < 1.29 is 9.15 Å². The highest BCUT2D eigenvalue weighted by molar-refractivity contribution is 5.08. The molecule has 1 saturated heterocycles. The fourth-order valence-electron chi connectivity index (χ4n) is 2.41. The van der Waals surface area contributed by atoms with Crippen LogP contribution in [0.15, 0.2) is 23.0 Å². The van der Waals surface area contributed by atoms with Gasteiger partial charge in [0.1, 0.15) is 0 Å². The maximum absolute atomic E-state index is 5.57. The van der Waals surface area contributed by atoms with E-state index >= 15 is 0 Å². The lowest BCUT2D eigenvalue weighted by Gasteiger charge is -2.30. The van der Waals surface area contributed by atoms with Gasteiger partial charge in [0, 0.05) is 12.6 Å². The lowest BCUT2D eigenvalue weighted by molar-refractivity contribution is 0.0395. The summed E-state index contributed by atoms with van der Waals surface area (Å²) in [6.07, 6.45) is 7.09. The zero-order chi connectivity index (χ0) is 11.2. The summed E-state index contributed by atoms with van der Waals surface area (Å²) >= 11 is 0. The molecule has 1 aromatic heterocycles. The number of furan rings is 1. The van der Waals surface area contributed by atoms with Crippen molar-refractivity contribution in [3.8, 4) is 0 Å². The molecule has 3 heteroatoms. The highest BCUT2D eigenvalue weighted by atomic mass is 16.5. The number of likely N-dealkylation sites (N-methyl/N-ethyl adjacent to an activating group) is 1. The molecule has 0 aliphatic carbocycles. The smallest absolute Gasteiger partial charge is 0.0935 e. The second-order valence-electron chi connectivity index (χ2n) is 4.48. The Morgan fingerprint density at radius 3 is 3.12 bits per heavy atom. The third-order valence-corrected chi connectivity index (χ3v) is 3.27. The molecular weight excluding hydrogens is 202 g/mol. The molecule has 0 radical (unpaired) electrons. The Hall–Kier alpha value is -0.800. The monoisotopic (exact) mass is 223 g/mol. The summed E-state index contributed by atoms with van der Waals surface area (Å²) in [6, 6.07) is 2.57. The molecular formula is C13H21NO2. The third-order valence-electron chi connectivity index (χ3n) is 3.27. The number of rotatable bonds is 5. The van der Waals surface area contributed by atoms with Crippen molar-refractivity contribution >= 4 is 0 Å². The number of ether oxygens (including phenoxy) is 1. The van der Waals surface area contributed by atoms with Gasteiger partial charge in [0.25, 0.3) is 0 Å². The van der Waals surface area contributed by atoms with E-state index in [0.717, 1.165) is 26.2 Å². The molecule has 1 N–H and O–H groups in total. The summed E-state index contributed by atoms with van der Waals surface area (Å²) in [5.74, 6) is 0.642. The van der Waals surface area contributed by atoms with Crippen molar-refractivity contribution in [3.63, 3.8) is 0 Å². The largest absolute Gasteiger partial charge is 0.472 e. The first-order chi connectivity index (χ1) is 7.90. The molecule has 0 aromatic carbocycles. The van der Waals surface area contributed by atoms with Crippen LogP contribution < -0.4 is 5.32 Å². The summed E-state index contributed by atoms with van der Waals surface area (Å²) in [5.41, 5.74) is 1.27. The van der Waals surface area contributed by atoms with Gasteiger partial charge in [-0.2, -0.15) is 0 Å². The predicted octanol–water partition coefficient (Wildman–Crippen LogP) is 2.23. The van der Waals surface area contributed by atoms with Crippen LogP contribution in [-0.4, -0.2) is 25.8 Å². The molecule has 2 rings (SSSR count). The van der Waals surface area contributed by atoms with Crippen molar-refractivity contribution in [2.75, 3.05) is 19.8 Å². The van der Waals surface area contributed by atoms with Crippen LogP contribution in [-0.2, 0) is 11.2 Å².